The summed E-state index contributed by atoms with van der Waals surface area (Å²) in [6, 6.07) is 5.03. The monoisotopic (exact) mass is 453 g/mol. The average molecular weight is 454 g/mol. The molecular weight excluding hydrogens is 433 g/mol. The fourth-order valence-corrected chi connectivity index (χ4v) is 4.81. The number of amides is 1. The third kappa shape index (κ3) is 4.19. The van der Waals surface area contributed by atoms with Crippen molar-refractivity contribution in [3.8, 4) is 5.88 Å². The van der Waals surface area contributed by atoms with Gasteiger partial charge in [0.05, 0.1) is 23.4 Å². The van der Waals surface area contributed by atoms with Crippen LogP contribution in [0.4, 0.5) is 0 Å². The predicted molar refractivity (Wildman–Crippen MR) is 116 cm³/mol. The largest absolute Gasteiger partial charge is 0.480 e. The zero-order chi connectivity index (χ0) is 21.3. The smallest absolute Gasteiger partial charge is 0.264 e. The number of nitrogens with zero attached hydrogens (tertiary/aromatic N) is 3. The second kappa shape index (κ2) is 8.83. The second-order valence-corrected chi connectivity index (χ2v) is 8.42. The lowest BCUT2D eigenvalue weighted by Crippen LogP contribution is -2.29. The fourth-order valence-electron chi connectivity index (χ4n) is 3.07. The minimum Gasteiger partial charge on any atom is -0.480 e. The predicted octanol–water partition coefficient (Wildman–Crippen LogP) is 5.29. The number of thiophene rings is 1. The molecule has 0 aliphatic heterocycles. The molecule has 6 nitrogen and oxygen atoms in total. The molecule has 0 spiro atoms. The molecule has 0 saturated heterocycles. The number of carbonyl (C=O) groups is 1. The van der Waals surface area contributed by atoms with Crippen LogP contribution < -0.4 is 4.74 Å². The van der Waals surface area contributed by atoms with E-state index in [1.807, 2.05) is 19.9 Å². The van der Waals surface area contributed by atoms with Gasteiger partial charge < -0.3 is 14.4 Å². The van der Waals surface area contributed by atoms with Gasteiger partial charge in [-0.1, -0.05) is 29.3 Å². The topological polar surface area (TPSA) is 64.6 Å². The summed E-state index contributed by atoms with van der Waals surface area (Å²) in [5, 5.41) is 1.82. The van der Waals surface area contributed by atoms with Crippen molar-refractivity contribution in [2.75, 3.05) is 21.3 Å². The van der Waals surface area contributed by atoms with Gasteiger partial charge in [0.15, 0.2) is 5.82 Å². The lowest BCUT2D eigenvalue weighted by Gasteiger charge is -2.26. The van der Waals surface area contributed by atoms with Crippen LogP contribution >= 0.6 is 34.5 Å². The quantitative estimate of drug-likeness (QED) is 0.506. The average Bonchev–Trinajstić information content (AvgIpc) is 3.02. The number of ether oxygens (including phenoxy) is 2. The van der Waals surface area contributed by atoms with Crippen molar-refractivity contribution < 1.29 is 14.3 Å². The van der Waals surface area contributed by atoms with Crippen molar-refractivity contribution in [2.24, 2.45) is 0 Å². The minimum atomic E-state index is -0.242. The first kappa shape index (κ1) is 21.8. The van der Waals surface area contributed by atoms with Gasteiger partial charge >= 0.3 is 0 Å². The molecule has 1 aromatic carbocycles. The highest BCUT2D eigenvalue weighted by Gasteiger charge is 2.26. The van der Waals surface area contributed by atoms with Crippen molar-refractivity contribution in [3.05, 3.63) is 50.1 Å². The molecule has 9 heteroatoms. The van der Waals surface area contributed by atoms with Gasteiger partial charge in [0.1, 0.15) is 11.4 Å². The summed E-state index contributed by atoms with van der Waals surface area (Å²) in [5.41, 5.74) is 1.61. The highest BCUT2D eigenvalue weighted by Crippen LogP contribution is 2.37. The first-order valence-corrected chi connectivity index (χ1v) is 10.4. The Labute approximate surface area is 183 Å². The van der Waals surface area contributed by atoms with Crippen LogP contribution in [0.25, 0.3) is 10.2 Å². The summed E-state index contributed by atoms with van der Waals surface area (Å²) in [4.78, 5) is 25.1. The summed E-state index contributed by atoms with van der Waals surface area (Å²) in [6.45, 7) is 4.06. The number of aryl methyl sites for hydroxylation is 1. The lowest BCUT2D eigenvalue weighted by molar-refractivity contribution is 0.0747. The first-order chi connectivity index (χ1) is 13.8. The van der Waals surface area contributed by atoms with Crippen molar-refractivity contribution in [2.45, 2.75) is 26.5 Å². The summed E-state index contributed by atoms with van der Waals surface area (Å²) in [5.74, 6) is 0.817. The number of aromatic nitrogens is 2. The van der Waals surface area contributed by atoms with Crippen molar-refractivity contribution in [3.63, 3.8) is 0 Å². The molecule has 1 unspecified atom stereocenters. The zero-order valence-corrected chi connectivity index (χ0v) is 19.1. The second-order valence-electron chi connectivity index (χ2n) is 6.58. The van der Waals surface area contributed by atoms with Crippen molar-refractivity contribution in [1.29, 1.82) is 0 Å². The molecule has 2 heterocycles. The van der Waals surface area contributed by atoms with Crippen LogP contribution in [-0.4, -0.2) is 42.0 Å². The van der Waals surface area contributed by atoms with Crippen molar-refractivity contribution >= 4 is 50.7 Å². The van der Waals surface area contributed by atoms with Crippen molar-refractivity contribution in [1.82, 2.24) is 14.9 Å². The first-order valence-electron chi connectivity index (χ1n) is 8.83. The summed E-state index contributed by atoms with van der Waals surface area (Å²) in [7, 11) is 4.88. The molecule has 0 radical (unpaired) electrons. The van der Waals surface area contributed by atoms with Crippen LogP contribution in [0.5, 0.6) is 5.88 Å². The van der Waals surface area contributed by atoms with E-state index in [2.05, 4.69) is 9.97 Å². The van der Waals surface area contributed by atoms with E-state index in [1.54, 1.807) is 38.3 Å². The Hall–Kier alpha value is -1.93. The Balaban J connectivity index is 2.00. The Morgan fingerprint density at radius 3 is 2.62 bits per heavy atom. The van der Waals surface area contributed by atoms with Crippen LogP contribution in [0.15, 0.2) is 18.2 Å². The number of fused-ring (bicyclic) bond motifs is 1. The van der Waals surface area contributed by atoms with Crippen LogP contribution in [0.2, 0.25) is 10.0 Å². The SMILES string of the molecule is COCc1nc(OC)c2c(C)c(C(=O)N(C)C(C)c3ccc(Cl)cc3Cl)sc2n1. The number of hydrogen-bond donors (Lipinski definition) is 0. The molecule has 154 valence electrons. The maximum atomic E-state index is 13.3. The lowest BCUT2D eigenvalue weighted by atomic mass is 10.1. The van der Waals surface area contributed by atoms with Crippen LogP contribution in [0, 0.1) is 6.92 Å². The van der Waals surface area contributed by atoms with Gasteiger partial charge in [-0.15, -0.1) is 11.3 Å². The maximum Gasteiger partial charge on any atom is 0.264 e. The summed E-state index contributed by atoms with van der Waals surface area (Å²) >= 11 is 13.6. The normalized spacial score (nSPS) is 12.2. The molecule has 3 aromatic rings. The number of rotatable bonds is 6. The molecule has 0 saturated carbocycles. The van der Waals surface area contributed by atoms with Crippen LogP contribution in [-0.2, 0) is 11.3 Å². The molecule has 1 amide bonds. The van der Waals surface area contributed by atoms with E-state index in [9.17, 15) is 4.79 Å². The van der Waals surface area contributed by atoms with E-state index in [0.717, 1.165) is 16.5 Å². The standard InChI is InChI=1S/C20H21Cl2N3O3S/c1-10-16-18(28-5)23-15(9-27-4)24-19(16)29-17(10)20(26)25(3)11(2)13-7-6-12(21)8-14(13)22/h6-8,11H,9H2,1-5H3. The molecule has 0 N–H and O–H groups in total. The van der Waals surface area contributed by atoms with E-state index < -0.39 is 0 Å². The summed E-state index contributed by atoms with van der Waals surface area (Å²) < 4.78 is 10.6. The number of hydrogen-bond acceptors (Lipinski definition) is 6. The van der Waals surface area contributed by atoms with Crippen LogP contribution in [0.1, 0.15) is 39.6 Å². The number of halogens is 2. The van der Waals surface area contributed by atoms with Gasteiger partial charge in [0, 0.05) is 24.2 Å². The van der Waals surface area contributed by atoms with E-state index in [4.69, 9.17) is 32.7 Å². The highest BCUT2D eigenvalue weighted by molar-refractivity contribution is 7.20. The van der Waals surface area contributed by atoms with Gasteiger partial charge in [0.2, 0.25) is 5.88 Å². The van der Waals surface area contributed by atoms with E-state index in [1.165, 1.54) is 11.3 Å². The Morgan fingerprint density at radius 1 is 1.28 bits per heavy atom. The van der Waals surface area contributed by atoms with Gasteiger partial charge in [-0.05, 0) is 37.1 Å². The molecule has 1 atom stereocenters. The number of methoxy groups -OCH3 is 2. The molecule has 0 fully saturated rings. The van der Waals surface area contributed by atoms with Gasteiger partial charge in [0.25, 0.3) is 5.91 Å². The molecule has 2 aromatic heterocycles. The van der Waals surface area contributed by atoms with E-state index in [-0.39, 0.29) is 18.6 Å². The van der Waals surface area contributed by atoms with Crippen LogP contribution in [0.3, 0.4) is 0 Å². The number of carbonyl (C=O) groups excluding carboxylic acids is 1. The Kier molecular flexibility index (Phi) is 6.63. The Bertz CT molecular complexity index is 1070. The van der Waals surface area contributed by atoms with E-state index in [0.29, 0.717) is 31.5 Å². The molecule has 3 rings (SSSR count). The molecule has 0 aliphatic rings. The summed E-state index contributed by atoms with van der Waals surface area (Å²) in [6.07, 6.45) is 0. The molecule has 29 heavy (non-hydrogen) atoms. The van der Waals surface area contributed by atoms with Gasteiger partial charge in [-0.25, -0.2) is 4.98 Å². The third-order valence-electron chi connectivity index (χ3n) is 4.78. The van der Waals surface area contributed by atoms with Gasteiger partial charge in [-0.2, -0.15) is 4.98 Å². The maximum absolute atomic E-state index is 13.3. The Morgan fingerprint density at radius 2 is 2.00 bits per heavy atom. The highest BCUT2D eigenvalue weighted by atomic mass is 35.5. The third-order valence-corrected chi connectivity index (χ3v) is 6.51. The van der Waals surface area contributed by atoms with E-state index >= 15 is 0 Å². The number of benzene rings is 1. The minimum absolute atomic E-state index is 0.126. The molecule has 0 bridgehead atoms. The fraction of sp³-hybridized carbons (Fsp3) is 0.350. The molecular formula is C20H21Cl2N3O3S. The zero-order valence-electron chi connectivity index (χ0n) is 16.7. The molecule has 0 aliphatic carbocycles. The van der Waals surface area contributed by atoms with Gasteiger partial charge in [-0.3, -0.25) is 4.79 Å².